The van der Waals surface area contributed by atoms with Crippen LogP contribution in [0.15, 0.2) is 11.6 Å². The third kappa shape index (κ3) is 2.90. The highest BCUT2D eigenvalue weighted by Gasteiger charge is 2.70. The van der Waals surface area contributed by atoms with Crippen molar-refractivity contribution in [2.24, 2.45) is 56.2 Å². The van der Waals surface area contributed by atoms with Crippen LogP contribution in [0.4, 0.5) is 0 Å². The molecule has 0 aromatic rings. The van der Waals surface area contributed by atoms with E-state index in [9.17, 15) is 19.8 Å². The van der Waals surface area contributed by atoms with Crippen molar-refractivity contribution in [1.29, 1.82) is 0 Å². The van der Waals surface area contributed by atoms with Gasteiger partial charge in [-0.15, -0.1) is 0 Å². The van der Waals surface area contributed by atoms with Crippen LogP contribution in [0.2, 0.25) is 0 Å². The molecule has 35 heavy (non-hydrogen) atoms. The Bertz CT molecular complexity index is 996. The Balaban J connectivity index is 1.63. The minimum Gasteiger partial charge on any atom is -0.481 e. The van der Waals surface area contributed by atoms with Crippen molar-refractivity contribution in [3.8, 4) is 0 Å². The van der Waals surface area contributed by atoms with Crippen LogP contribution < -0.4 is 0 Å². The molecular formula is C31H48O4. The quantitative estimate of drug-likeness (QED) is 0.408. The van der Waals surface area contributed by atoms with Crippen LogP contribution in [-0.4, -0.2) is 28.1 Å². The molecule has 196 valence electrons. The number of carbonyl (C=O) groups excluding carboxylic acids is 1. The van der Waals surface area contributed by atoms with Crippen molar-refractivity contribution in [2.45, 2.75) is 113 Å². The van der Waals surface area contributed by atoms with E-state index in [1.54, 1.807) is 0 Å². The fourth-order valence-corrected chi connectivity index (χ4v) is 11.1. The summed E-state index contributed by atoms with van der Waals surface area (Å²) in [6.07, 6.45) is 8.71. The first-order valence-electron chi connectivity index (χ1n) is 14.1. The zero-order valence-corrected chi connectivity index (χ0v) is 23.3. The van der Waals surface area contributed by atoms with Crippen LogP contribution in [-0.2, 0) is 9.59 Å². The fourth-order valence-electron chi connectivity index (χ4n) is 11.1. The Morgan fingerprint density at radius 3 is 2.23 bits per heavy atom. The third-order valence-corrected chi connectivity index (χ3v) is 13.6. The van der Waals surface area contributed by atoms with Gasteiger partial charge in [-0.05, 0) is 91.8 Å². The number of carboxylic acid groups (broad SMARTS) is 1. The lowest BCUT2D eigenvalue weighted by molar-refractivity contribution is -0.205. The summed E-state index contributed by atoms with van der Waals surface area (Å²) in [6.45, 7) is 18.3. The van der Waals surface area contributed by atoms with Crippen molar-refractivity contribution in [3.63, 3.8) is 0 Å². The average molecular weight is 485 g/mol. The molecule has 0 aromatic carbocycles. The highest BCUT2D eigenvalue weighted by molar-refractivity contribution is 5.85. The Morgan fingerprint density at radius 1 is 0.943 bits per heavy atom. The maximum Gasteiger partial charge on any atom is 0.309 e. The first kappa shape index (κ1) is 25.5. The van der Waals surface area contributed by atoms with E-state index in [0.717, 1.165) is 32.1 Å². The second kappa shape index (κ2) is 7.23. The number of allylic oxidation sites excluding steroid dienone is 2. The number of rotatable bonds is 1. The standard InChI is InChI=1S/C31H48O4/c1-18-15-29(6)20(16-27(4,25(34)35)17-24(29)33)19-9-10-22-28(5)13-12-23(32)26(2,3)21(28)11-14-30(22,7)31(18,19)8/h9,18,20-22,24,33H,10-17H2,1-8H3,(H,34,35)/t18-,20+,21?,22?,24-,27+,28+,29-,30-,31-/m1/s1. The van der Waals surface area contributed by atoms with Gasteiger partial charge in [0.1, 0.15) is 5.78 Å². The van der Waals surface area contributed by atoms with Gasteiger partial charge in [0, 0.05) is 17.3 Å². The Hall–Kier alpha value is -1.16. The lowest BCUT2D eigenvalue weighted by Crippen LogP contribution is -2.67. The third-order valence-electron chi connectivity index (χ3n) is 13.6. The van der Waals surface area contributed by atoms with Gasteiger partial charge in [-0.3, -0.25) is 9.59 Å². The molecule has 5 aliphatic rings. The van der Waals surface area contributed by atoms with Gasteiger partial charge in [-0.2, -0.15) is 0 Å². The zero-order valence-electron chi connectivity index (χ0n) is 23.3. The van der Waals surface area contributed by atoms with Gasteiger partial charge in [-0.25, -0.2) is 0 Å². The molecule has 4 saturated carbocycles. The minimum atomic E-state index is -0.888. The number of hydrogen-bond acceptors (Lipinski definition) is 3. The topological polar surface area (TPSA) is 74.6 Å². The van der Waals surface area contributed by atoms with Crippen LogP contribution in [0.5, 0.6) is 0 Å². The summed E-state index contributed by atoms with van der Waals surface area (Å²) in [5.41, 5.74) is 0.226. The molecular weight excluding hydrogens is 436 g/mol. The van der Waals surface area contributed by atoms with Gasteiger partial charge in [-0.1, -0.05) is 60.1 Å². The molecule has 5 aliphatic carbocycles. The van der Waals surface area contributed by atoms with Gasteiger partial charge in [0.05, 0.1) is 11.5 Å². The summed E-state index contributed by atoms with van der Waals surface area (Å²) >= 11 is 0. The number of aliphatic hydroxyl groups excluding tert-OH is 1. The highest BCUT2D eigenvalue weighted by atomic mass is 16.4. The van der Waals surface area contributed by atoms with Gasteiger partial charge in [0.2, 0.25) is 0 Å². The maximum absolute atomic E-state index is 13.0. The number of aliphatic carboxylic acids is 1. The molecule has 0 aliphatic heterocycles. The second-order valence-electron chi connectivity index (χ2n) is 15.3. The largest absolute Gasteiger partial charge is 0.481 e. The van der Waals surface area contributed by atoms with E-state index in [4.69, 9.17) is 0 Å². The average Bonchev–Trinajstić information content (AvgIpc) is 2.74. The van der Waals surface area contributed by atoms with E-state index in [2.05, 4.69) is 54.5 Å². The van der Waals surface area contributed by atoms with Crippen LogP contribution in [0, 0.1) is 56.2 Å². The zero-order chi connectivity index (χ0) is 26.0. The Morgan fingerprint density at radius 2 is 1.60 bits per heavy atom. The molecule has 0 bridgehead atoms. The lowest BCUT2D eigenvalue weighted by Gasteiger charge is -2.72. The van der Waals surface area contributed by atoms with Crippen molar-refractivity contribution in [1.82, 2.24) is 0 Å². The normalized spacial score (nSPS) is 55.1. The molecule has 0 spiro atoms. The summed E-state index contributed by atoms with van der Waals surface area (Å²) in [6, 6.07) is 0. The van der Waals surface area contributed by atoms with E-state index < -0.39 is 17.5 Å². The van der Waals surface area contributed by atoms with Crippen LogP contribution in [0.25, 0.3) is 0 Å². The molecule has 2 unspecified atom stereocenters. The maximum atomic E-state index is 13.0. The predicted octanol–water partition coefficient (Wildman–Crippen LogP) is 6.66. The van der Waals surface area contributed by atoms with Crippen molar-refractivity contribution in [2.75, 3.05) is 0 Å². The highest BCUT2D eigenvalue weighted by Crippen LogP contribution is 2.76. The Labute approximate surface area is 212 Å². The van der Waals surface area contributed by atoms with Crippen molar-refractivity contribution >= 4 is 11.8 Å². The summed E-state index contributed by atoms with van der Waals surface area (Å²) < 4.78 is 0. The van der Waals surface area contributed by atoms with Crippen LogP contribution >= 0.6 is 0 Å². The molecule has 4 heteroatoms. The predicted molar refractivity (Wildman–Crippen MR) is 138 cm³/mol. The number of carboxylic acids is 1. The number of ketones is 1. The van der Waals surface area contributed by atoms with Crippen molar-refractivity contribution < 1.29 is 19.8 Å². The summed E-state index contributed by atoms with van der Waals surface area (Å²) in [5, 5.41) is 21.5. The first-order chi connectivity index (χ1) is 16.0. The number of fused-ring (bicyclic) bond motifs is 7. The van der Waals surface area contributed by atoms with Crippen LogP contribution in [0.3, 0.4) is 0 Å². The molecule has 4 nitrogen and oxygen atoms in total. The van der Waals surface area contributed by atoms with Crippen LogP contribution in [0.1, 0.15) is 107 Å². The molecule has 10 atom stereocenters. The summed E-state index contributed by atoms with van der Waals surface area (Å²) in [7, 11) is 0. The fraction of sp³-hybridized carbons (Fsp3) is 0.871. The van der Waals surface area contributed by atoms with E-state index in [0.29, 0.717) is 42.8 Å². The molecule has 0 aromatic heterocycles. The molecule has 0 saturated heterocycles. The van der Waals surface area contributed by atoms with Gasteiger partial charge in [0.15, 0.2) is 0 Å². The van der Waals surface area contributed by atoms with Gasteiger partial charge in [0.25, 0.3) is 0 Å². The first-order valence-corrected chi connectivity index (χ1v) is 14.1. The minimum absolute atomic E-state index is 0.0316. The number of carbonyl (C=O) groups is 2. The van der Waals surface area contributed by atoms with E-state index in [1.165, 1.54) is 5.57 Å². The number of Topliss-reactive ketones (excluding diaryl/α,β-unsaturated/α-hetero) is 1. The van der Waals surface area contributed by atoms with E-state index >= 15 is 0 Å². The number of hydrogen-bond donors (Lipinski definition) is 2. The molecule has 5 rings (SSSR count). The lowest BCUT2D eigenvalue weighted by atomic mass is 9.32. The second-order valence-corrected chi connectivity index (χ2v) is 15.3. The molecule has 0 radical (unpaired) electrons. The monoisotopic (exact) mass is 484 g/mol. The number of aliphatic hydroxyl groups is 1. The smallest absolute Gasteiger partial charge is 0.309 e. The van der Waals surface area contributed by atoms with Gasteiger partial charge >= 0.3 is 5.97 Å². The summed E-state index contributed by atoms with van der Waals surface area (Å²) in [5.74, 6) is 1.10. The van der Waals surface area contributed by atoms with Crippen molar-refractivity contribution in [3.05, 3.63) is 11.6 Å². The van der Waals surface area contributed by atoms with E-state index in [-0.39, 0.29) is 33.0 Å². The van der Waals surface area contributed by atoms with E-state index in [1.807, 2.05) is 6.92 Å². The molecule has 0 heterocycles. The SMILES string of the molecule is C[C@@H]1C[C@@]2(C)[C@H](O)C[C@@](C)(C(=O)O)C[C@H]2C2=CCC3[C@@]4(C)CCC(=O)C(C)(C)C4CC[C@@]3(C)[C@@]21C. The molecule has 4 fully saturated rings. The van der Waals surface area contributed by atoms with Gasteiger partial charge < -0.3 is 10.2 Å². The molecule has 0 amide bonds. The molecule has 2 N–H and O–H groups in total. The summed E-state index contributed by atoms with van der Waals surface area (Å²) in [4.78, 5) is 25.3. The Kier molecular flexibility index (Phi) is 5.27.